The Morgan fingerprint density at radius 1 is 1.14 bits per heavy atom. The van der Waals surface area contributed by atoms with E-state index in [1.807, 2.05) is 6.07 Å². The van der Waals surface area contributed by atoms with E-state index in [1.165, 1.54) is 23.1 Å². The van der Waals surface area contributed by atoms with Crippen molar-refractivity contribution in [2.45, 2.75) is 19.3 Å². The van der Waals surface area contributed by atoms with Gasteiger partial charge in [0.05, 0.1) is 12.1 Å². The van der Waals surface area contributed by atoms with Crippen LogP contribution in [-0.2, 0) is 17.6 Å². The Labute approximate surface area is 122 Å². The lowest BCUT2D eigenvalue weighted by Crippen LogP contribution is -2.37. The number of nitrogens with zero attached hydrogens (tertiary/aromatic N) is 1. The highest BCUT2D eigenvalue weighted by molar-refractivity contribution is 5.96. The molecule has 0 aliphatic carbocycles. The van der Waals surface area contributed by atoms with E-state index < -0.39 is 0 Å². The zero-order chi connectivity index (χ0) is 14.8. The van der Waals surface area contributed by atoms with Gasteiger partial charge >= 0.3 is 0 Å². The van der Waals surface area contributed by atoms with Gasteiger partial charge < -0.3 is 4.90 Å². The molecule has 1 aliphatic heterocycles. The Morgan fingerprint density at radius 2 is 1.95 bits per heavy atom. The van der Waals surface area contributed by atoms with Gasteiger partial charge in [0.15, 0.2) is 0 Å². The van der Waals surface area contributed by atoms with Crippen LogP contribution in [0.3, 0.4) is 0 Å². The monoisotopic (exact) mass is 287 g/mol. The minimum absolute atomic E-state index is 0.0749. The first kappa shape index (κ1) is 13.7. The van der Waals surface area contributed by atoms with Gasteiger partial charge in [0.1, 0.15) is 11.6 Å². The molecule has 0 radical (unpaired) electrons. The lowest BCUT2D eigenvalue weighted by atomic mass is 10.0. The van der Waals surface area contributed by atoms with Crippen LogP contribution in [-0.4, -0.2) is 12.5 Å². The molecule has 1 aliphatic rings. The normalized spacial score (nSPS) is 13.9. The summed E-state index contributed by atoms with van der Waals surface area (Å²) in [5, 5.41) is 0. The van der Waals surface area contributed by atoms with E-state index in [-0.39, 0.29) is 24.0 Å². The van der Waals surface area contributed by atoms with Crippen LogP contribution in [0.1, 0.15) is 17.5 Å². The van der Waals surface area contributed by atoms with Crippen LogP contribution in [0.5, 0.6) is 0 Å². The Morgan fingerprint density at radius 3 is 2.76 bits per heavy atom. The summed E-state index contributed by atoms with van der Waals surface area (Å²) in [5.41, 5.74) is 1.84. The summed E-state index contributed by atoms with van der Waals surface area (Å²) in [6, 6.07) is 10.8. The van der Waals surface area contributed by atoms with Gasteiger partial charge in [0.25, 0.3) is 0 Å². The van der Waals surface area contributed by atoms with E-state index in [0.29, 0.717) is 17.8 Å². The Kier molecular flexibility index (Phi) is 3.69. The third kappa shape index (κ3) is 2.79. The van der Waals surface area contributed by atoms with Gasteiger partial charge in [0.2, 0.25) is 5.91 Å². The highest BCUT2D eigenvalue weighted by Gasteiger charge is 2.25. The van der Waals surface area contributed by atoms with Crippen molar-refractivity contribution in [1.29, 1.82) is 0 Å². The van der Waals surface area contributed by atoms with Crippen LogP contribution >= 0.6 is 0 Å². The second-order valence-electron chi connectivity index (χ2n) is 5.20. The number of hydrogen-bond donors (Lipinski definition) is 0. The molecule has 0 saturated carbocycles. The Bertz CT molecular complexity index is 684. The molecule has 2 nitrogen and oxygen atoms in total. The van der Waals surface area contributed by atoms with E-state index in [4.69, 9.17) is 0 Å². The van der Waals surface area contributed by atoms with Crippen LogP contribution in [0, 0.1) is 11.6 Å². The van der Waals surface area contributed by atoms with E-state index in [1.54, 1.807) is 18.2 Å². The van der Waals surface area contributed by atoms with Gasteiger partial charge in [-0.05, 0) is 42.2 Å². The smallest absolute Gasteiger partial charge is 0.231 e. The molecule has 21 heavy (non-hydrogen) atoms. The largest absolute Gasteiger partial charge is 0.309 e. The fraction of sp³-hybridized carbons (Fsp3) is 0.235. The molecule has 3 rings (SSSR count). The number of aryl methyl sites for hydroxylation is 1. The van der Waals surface area contributed by atoms with Gasteiger partial charge in [-0.2, -0.15) is 0 Å². The number of benzene rings is 2. The molecule has 0 fully saturated rings. The van der Waals surface area contributed by atoms with Crippen molar-refractivity contribution in [3.63, 3.8) is 0 Å². The van der Waals surface area contributed by atoms with Crippen LogP contribution in [0.4, 0.5) is 14.5 Å². The van der Waals surface area contributed by atoms with Crippen molar-refractivity contribution in [3.8, 4) is 0 Å². The first-order valence-electron chi connectivity index (χ1n) is 6.97. The second kappa shape index (κ2) is 5.64. The summed E-state index contributed by atoms with van der Waals surface area (Å²) >= 11 is 0. The number of anilines is 1. The number of amides is 1. The number of fused-ring (bicyclic) bond motifs is 1. The maximum Gasteiger partial charge on any atom is 0.231 e. The summed E-state index contributed by atoms with van der Waals surface area (Å²) in [5.74, 6) is -0.947. The molecule has 0 aromatic heterocycles. The number of hydrogen-bond acceptors (Lipinski definition) is 1. The lowest BCUT2D eigenvalue weighted by molar-refractivity contribution is -0.118. The standard InChI is InChI=1S/C17H15F2NO/c18-14-7-1-4-12(10-14)11-16(21)20-9-3-6-13-5-2-8-15(19)17(13)20/h1-2,4-5,7-8,10H,3,6,9,11H2. The van der Waals surface area contributed by atoms with Crippen LogP contribution in [0.2, 0.25) is 0 Å². The minimum Gasteiger partial charge on any atom is -0.309 e. The molecule has 2 aromatic carbocycles. The highest BCUT2D eigenvalue weighted by atomic mass is 19.1. The second-order valence-corrected chi connectivity index (χ2v) is 5.20. The molecule has 4 heteroatoms. The summed E-state index contributed by atoms with van der Waals surface area (Å²) in [4.78, 5) is 13.9. The number of rotatable bonds is 2. The lowest BCUT2D eigenvalue weighted by Gasteiger charge is -2.30. The number of carbonyl (C=O) groups excluding carboxylic acids is 1. The zero-order valence-corrected chi connectivity index (χ0v) is 11.5. The van der Waals surface area contributed by atoms with Crippen molar-refractivity contribution in [2.75, 3.05) is 11.4 Å². The van der Waals surface area contributed by atoms with Crippen molar-refractivity contribution in [2.24, 2.45) is 0 Å². The van der Waals surface area contributed by atoms with Crippen molar-refractivity contribution in [1.82, 2.24) is 0 Å². The number of para-hydroxylation sites is 1. The molecule has 0 atom stereocenters. The summed E-state index contributed by atoms with van der Waals surface area (Å²) < 4.78 is 27.2. The van der Waals surface area contributed by atoms with Crippen LogP contribution < -0.4 is 4.90 Å². The van der Waals surface area contributed by atoms with E-state index in [9.17, 15) is 13.6 Å². The first-order valence-corrected chi connectivity index (χ1v) is 6.97. The molecule has 0 spiro atoms. The maximum absolute atomic E-state index is 14.0. The molecule has 1 heterocycles. The maximum atomic E-state index is 14.0. The molecule has 2 aromatic rings. The van der Waals surface area contributed by atoms with Crippen LogP contribution in [0.25, 0.3) is 0 Å². The van der Waals surface area contributed by atoms with Crippen molar-refractivity contribution >= 4 is 11.6 Å². The zero-order valence-electron chi connectivity index (χ0n) is 11.5. The first-order chi connectivity index (χ1) is 10.1. The van der Waals surface area contributed by atoms with Crippen molar-refractivity contribution < 1.29 is 13.6 Å². The molecule has 108 valence electrons. The Balaban J connectivity index is 1.87. The summed E-state index contributed by atoms with van der Waals surface area (Å²) in [6.07, 6.45) is 1.66. The third-order valence-corrected chi connectivity index (χ3v) is 3.71. The topological polar surface area (TPSA) is 20.3 Å². The van der Waals surface area contributed by atoms with Crippen LogP contribution in [0.15, 0.2) is 42.5 Å². The predicted molar refractivity (Wildman–Crippen MR) is 77.2 cm³/mol. The average Bonchev–Trinajstić information content (AvgIpc) is 2.47. The molecular formula is C17H15F2NO. The molecule has 0 saturated heterocycles. The molecule has 0 N–H and O–H groups in total. The molecule has 1 amide bonds. The van der Waals surface area contributed by atoms with Crippen molar-refractivity contribution in [3.05, 3.63) is 65.2 Å². The van der Waals surface area contributed by atoms with E-state index in [2.05, 4.69) is 0 Å². The molecule has 0 unspecified atom stereocenters. The van der Waals surface area contributed by atoms with Gasteiger partial charge in [-0.25, -0.2) is 8.78 Å². The fourth-order valence-electron chi connectivity index (χ4n) is 2.77. The van der Waals surface area contributed by atoms with Gasteiger partial charge in [-0.15, -0.1) is 0 Å². The number of carbonyl (C=O) groups is 1. The average molecular weight is 287 g/mol. The Hall–Kier alpha value is -2.23. The van der Waals surface area contributed by atoms with E-state index in [0.717, 1.165) is 18.4 Å². The summed E-state index contributed by atoms with van der Waals surface area (Å²) in [6.45, 7) is 0.502. The summed E-state index contributed by atoms with van der Waals surface area (Å²) in [7, 11) is 0. The third-order valence-electron chi connectivity index (χ3n) is 3.71. The SMILES string of the molecule is O=C(Cc1cccc(F)c1)N1CCCc2cccc(F)c21. The minimum atomic E-state index is -0.375. The predicted octanol–water partition coefficient (Wildman–Crippen LogP) is 3.49. The highest BCUT2D eigenvalue weighted by Crippen LogP contribution is 2.30. The van der Waals surface area contributed by atoms with Gasteiger partial charge in [-0.3, -0.25) is 4.79 Å². The fourth-order valence-corrected chi connectivity index (χ4v) is 2.77. The van der Waals surface area contributed by atoms with Gasteiger partial charge in [0, 0.05) is 6.54 Å². The molecular weight excluding hydrogens is 272 g/mol. The van der Waals surface area contributed by atoms with Gasteiger partial charge in [-0.1, -0.05) is 24.3 Å². The molecule has 0 bridgehead atoms. The number of halogens is 2. The quantitative estimate of drug-likeness (QED) is 0.828. The van der Waals surface area contributed by atoms with E-state index >= 15 is 0 Å².